The van der Waals surface area contributed by atoms with Crippen LogP contribution in [0, 0.1) is 5.92 Å². The molecule has 0 spiro atoms. The number of hydrogen-bond donors (Lipinski definition) is 0. The zero-order valence-corrected chi connectivity index (χ0v) is 15.6. The first-order valence-electron chi connectivity index (χ1n) is 8.49. The van der Waals surface area contributed by atoms with Crippen molar-refractivity contribution in [1.82, 2.24) is 4.90 Å². The zero-order chi connectivity index (χ0) is 15.6. The normalized spacial score (nSPS) is 19.0. The number of fused-ring (bicyclic) bond motifs is 2. The number of ether oxygens (including phenoxy) is 1. The molecule has 0 bridgehead atoms. The minimum absolute atomic E-state index is 0. The third-order valence-electron chi connectivity index (χ3n) is 4.95. The molecule has 24 heavy (non-hydrogen) atoms. The van der Waals surface area contributed by atoms with Crippen molar-refractivity contribution in [2.45, 2.75) is 22.6 Å². The summed E-state index contributed by atoms with van der Waals surface area (Å²) in [5.41, 5.74) is 2.99. The SMILES string of the molecule is CC(CN1CCOCC1)C1c2ccccc2Sc2ccccc21.Cl. The van der Waals surface area contributed by atoms with Crippen LogP contribution in [0.1, 0.15) is 24.0 Å². The Morgan fingerprint density at radius 2 is 1.54 bits per heavy atom. The molecule has 128 valence electrons. The fourth-order valence-corrected chi connectivity index (χ4v) is 5.01. The summed E-state index contributed by atoms with van der Waals surface area (Å²) in [7, 11) is 0. The summed E-state index contributed by atoms with van der Waals surface area (Å²) < 4.78 is 5.49. The van der Waals surface area contributed by atoms with Gasteiger partial charge in [-0.1, -0.05) is 55.1 Å². The maximum Gasteiger partial charge on any atom is 0.0594 e. The Morgan fingerprint density at radius 1 is 1.00 bits per heavy atom. The molecular weight excluding hydrogens is 338 g/mol. The Hall–Kier alpha value is -1.00. The van der Waals surface area contributed by atoms with Crippen LogP contribution in [0.25, 0.3) is 0 Å². The molecule has 2 aliphatic heterocycles. The largest absolute Gasteiger partial charge is 0.379 e. The van der Waals surface area contributed by atoms with Crippen LogP contribution in [0.5, 0.6) is 0 Å². The monoisotopic (exact) mass is 361 g/mol. The molecule has 2 heterocycles. The molecule has 2 aliphatic rings. The van der Waals surface area contributed by atoms with Gasteiger partial charge < -0.3 is 4.74 Å². The molecule has 1 unspecified atom stereocenters. The van der Waals surface area contributed by atoms with Gasteiger partial charge in [-0.05, 0) is 29.2 Å². The van der Waals surface area contributed by atoms with Crippen LogP contribution in [-0.2, 0) is 4.74 Å². The maximum atomic E-state index is 5.49. The van der Waals surface area contributed by atoms with E-state index >= 15 is 0 Å². The standard InChI is InChI=1S/C20H23NOS.ClH/c1-15(14-21-10-12-22-13-11-21)20-16-6-2-4-8-18(16)23-19-9-5-3-7-17(19)20;/h2-9,15,20H,10-14H2,1H3;1H. The highest BCUT2D eigenvalue weighted by atomic mass is 35.5. The van der Waals surface area contributed by atoms with Gasteiger partial charge in [0, 0.05) is 35.3 Å². The van der Waals surface area contributed by atoms with E-state index in [9.17, 15) is 0 Å². The molecular formula is C20H24ClNOS. The second-order valence-corrected chi connectivity index (χ2v) is 7.63. The molecule has 0 saturated carbocycles. The lowest BCUT2D eigenvalue weighted by molar-refractivity contribution is 0.0307. The van der Waals surface area contributed by atoms with E-state index in [4.69, 9.17) is 4.74 Å². The third-order valence-corrected chi connectivity index (χ3v) is 6.13. The molecule has 2 aromatic rings. The van der Waals surface area contributed by atoms with Crippen molar-refractivity contribution in [3.05, 3.63) is 59.7 Å². The van der Waals surface area contributed by atoms with Crippen LogP contribution < -0.4 is 0 Å². The summed E-state index contributed by atoms with van der Waals surface area (Å²) in [6.45, 7) is 7.43. The van der Waals surface area contributed by atoms with Crippen molar-refractivity contribution in [2.75, 3.05) is 32.8 Å². The van der Waals surface area contributed by atoms with E-state index in [0.29, 0.717) is 11.8 Å². The maximum absolute atomic E-state index is 5.49. The first-order valence-corrected chi connectivity index (χ1v) is 9.30. The van der Waals surface area contributed by atoms with E-state index in [0.717, 1.165) is 32.8 Å². The average molecular weight is 362 g/mol. The first-order chi connectivity index (χ1) is 11.3. The van der Waals surface area contributed by atoms with Gasteiger partial charge in [0.25, 0.3) is 0 Å². The Labute approximate surface area is 155 Å². The van der Waals surface area contributed by atoms with E-state index in [1.807, 2.05) is 11.8 Å². The van der Waals surface area contributed by atoms with Crippen molar-refractivity contribution >= 4 is 24.2 Å². The van der Waals surface area contributed by atoms with E-state index < -0.39 is 0 Å². The lowest BCUT2D eigenvalue weighted by Gasteiger charge is -2.36. The molecule has 1 saturated heterocycles. The molecule has 1 atom stereocenters. The van der Waals surface area contributed by atoms with Crippen molar-refractivity contribution in [3.8, 4) is 0 Å². The fraction of sp³-hybridized carbons (Fsp3) is 0.400. The first kappa shape index (κ1) is 17.8. The quantitative estimate of drug-likeness (QED) is 0.788. The van der Waals surface area contributed by atoms with Gasteiger partial charge >= 0.3 is 0 Å². The van der Waals surface area contributed by atoms with Gasteiger partial charge in [-0.2, -0.15) is 0 Å². The van der Waals surface area contributed by atoms with Gasteiger partial charge in [0.1, 0.15) is 0 Å². The van der Waals surface area contributed by atoms with Gasteiger partial charge in [0.2, 0.25) is 0 Å². The average Bonchev–Trinajstić information content (AvgIpc) is 2.60. The Balaban J connectivity index is 0.00000169. The number of halogens is 1. The topological polar surface area (TPSA) is 12.5 Å². The predicted octanol–water partition coefficient (Wildman–Crippen LogP) is 4.67. The van der Waals surface area contributed by atoms with Crippen LogP contribution in [-0.4, -0.2) is 37.7 Å². The number of benzene rings is 2. The minimum Gasteiger partial charge on any atom is -0.379 e. The molecule has 0 aromatic heterocycles. The fourth-order valence-electron chi connectivity index (χ4n) is 3.86. The molecule has 1 fully saturated rings. The number of morpholine rings is 1. The van der Waals surface area contributed by atoms with Gasteiger partial charge in [0.15, 0.2) is 0 Å². The van der Waals surface area contributed by atoms with Gasteiger partial charge in [-0.3, -0.25) is 4.90 Å². The summed E-state index contributed by atoms with van der Waals surface area (Å²) >= 11 is 1.92. The van der Waals surface area contributed by atoms with E-state index in [2.05, 4.69) is 60.4 Å². The highest BCUT2D eigenvalue weighted by Crippen LogP contribution is 2.48. The van der Waals surface area contributed by atoms with E-state index in [1.165, 1.54) is 20.9 Å². The zero-order valence-electron chi connectivity index (χ0n) is 14.0. The second kappa shape index (κ2) is 7.92. The van der Waals surface area contributed by atoms with Crippen LogP contribution in [0.15, 0.2) is 58.3 Å². The van der Waals surface area contributed by atoms with Gasteiger partial charge in [-0.25, -0.2) is 0 Å². The highest BCUT2D eigenvalue weighted by Gasteiger charge is 2.31. The molecule has 2 aromatic carbocycles. The molecule has 4 rings (SSSR count). The summed E-state index contributed by atoms with van der Waals surface area (Å²) in [6, 6.07) is 17.8. The Bertz CT molecular complexity index is 641. The van der Waals surface area contributed by atoms with Crippen molar-refractivity contribution < 1.29 is 4.74 Å². The third kappa shape index (κ3) is 3.50. The molecule has 0 N–H and O–H groups in total. The van der Waals surface area contributed by atoms with Crippen LogP contribution in [0.4, 0.5) is 0 Å². The molecule has 0 radical (unpaired) electrons. The Morgan fingerprint density at radius 3 is 2.12 bits per heavy atom. The molecule has 2 nitrogen and oxygen atoms in total. The molecule has 0 amide bonds. The van der Waals surface area contributed by atoms with Crippen molar-refractivity contribution in [1.29, 1.82) is 0 Å². The van der Waals surface area contributed by atoms with Crippen LogP contribution in [0.2, 0.25) is 0 Å². The van der Waals surface area contributed by atoms with Gasteiger partial charge in [-0.15, -0.1) is 12.4 Å². The smallest absolute Gasteiger partial charge is 0.0594 e. The molecule has 4 heteroatoms. The Kier molecular flexibility index (Phi) is 5.88. The lowest BCUT2D eigenvalue weighted by atomic mass is 9.81. The highest BCUT2D eigenvalue weighted by molar-refractivity contribution is 7.99. The molecule has 0 aliphatic carbocycles. The number of rotatable bonds is 3. The summed E-state index contributed by atoms with van der Waals surface area (Å²) in [6.07, 6.45) is 0. The number of nitrogens with zero attached hydrogens (tertiary/aromatic N) is 1. The summed E-state index contributed by atoms with van der Waals surface area (Å²) in [4.78, 5) is 5.40. The lowest BCUT2D eigenvalue weighted by Crippen LogP contribution is -2.40. The van der Waals surface area contributed by atoms with Crippen molar-refractivity contribution in [2.24, 2.45) is 5.92 Å². The van der Waals surface area contributed by atoms with Crippen LogP contribution in [0.3, 0.4) is 0 Å². The minimum atomic E-state index is 0. The van der Waals surface area contributed by atoms with Crippen LogP contribution >= 0.6 is 24.2 Å². The van der Waals surface area contributed by atoms with E-state index in [1.54, 1.807) is 0 Å². The summed E-state index contributed by atoms with van der Waals surface area (Å²) in [5, 5.41) is 0. The van der Waals surface area contributed by atoms with Gasteiger partial charge in [0.05, 0.1) is 13.2 Å². The van der Waals surface area contributed by atoms with E-state index in [-0.39, 0.29) is 12.4 Å². The second-order valence-electron chi connectivity index (χ2n) is 6.55. The summed E-state index contributed by atoms with van der Waals surface area (Å²) in [5.74, 6) is 1.09. The number of hydrogen-bond acceptors (Lipinski definition) is 3. The predicted molar refractivity (Wildman–Crippen MR) is 103 cm³/mol. The van der Waals surface area contributed by atoms with Crippen molar-refractivity contribution in [3.63, 3.8) is 0 Å².